The molecule has 0 aliphatic heterocycles. The average Bonchev–Trinajstić information content (AvgIpc) is 3.14. The van der Waals surface area contributed by atoms with Crippen LogP contribution in [0.1, 0.15) is 50.2 Å². The third kappa shape index (κ3) is 6.32. The van der Waals surface area contributed by atoms with Gasteiger partial charge in [-0.25, -0.2) is 0 Å². The molecule has 0 aliphatic carbocycles. The number of benzene rings is 1. The van der Waals surface area contributed by atoms with E-state index in [4.69, 9.17) is 11.6 Å². The van der Waals surface area contributed by atoms with Crippen LogP contribution in [0.2, 0.25) is 5.02 Å². The lowest BCUT2D eigenvalue weighted by atomic mass is 10.1. The SMILES string of the molecule is CC[C@H](C)N(CC(=O)N(Cc1cccn1C)CC(C)C)C(=O)c1ccc([N+](=O)[O-])cc1Cl. The third-order valence-corrected chi connectivity index (χ3v) is 5.74. The van der Waals surface area contributed by atoms with Gasteiger partial charge in [-0.3, -0.25) is 19.7 Å². The van der Waals surface area contributed by atoms with Crippen molar-refractivity contribution in [2.45, 2.75) is 46.7 Å². The molecule has 1 heterocycles. The Morgan fingerprint density at radius 1 is 1.22 bits per heavy atom. The summed E-state index contributed by atoms with van der Waals surface area (Å²) in [6, 6.07) is 7.43. The summed E-state index contributed by atoms with van der Waals surface area (Å²) in [6.45, 7) is 8.79. The van der Waals surface area contributed by atoms with Crippen LogP contribution in [0, 0.1) is 16.0 Å². The van der Waals surface area contributed by atoms with Crippen LogP contribution in [0.25, 0.3) is 0 Å². The van der Waals surface area contributed by atoms with E-state index in [0.717, 1.165) is 11.8 Å². The van der Waals surface area contributed by atoms with E-state index in [0.29, 0.717) is 19.5 Å². The Bertz CT molecular complexity index is 973. The fourth-order valence-corrected chi connectivity index (χ4v) is 3.65. The molecule has 0 bridgehead atoms. The summed E-state index contributed by atoms with van der Waals surface area (Å²) in [5.74, 6) is -0.321. The number of aromatic nitrogens is 1. The topological polar surface area (TPSA) is 88.7 Å². The normalized spacial score (nSPS) is 12.0. The van der Waals surface area contributed by atoms with Crippen molar-refractivity contribution >= 4 is 29.1 Å². The smallest absolute Gasteiger partial charge is 0.270 e. The summed E-state index contributed by atoms with van der Waals surface area (Å²) in [4.78, 5) is 40.3. The number of nitro groups is 1. The molecule has 1 aromatic carbocycles. The summed E-state index contributed by atoms with van der Waals surface area (Å²) in [5.41, 5.74) is 0.949. The van der Waals surface area contributed by atoms with E-state index in [1.807, 2.05) is 57.6 Å². The summed E-state index contributed by atoms with van der Waals surface area (Å²) in [5, 5.41) is 11.0. The Kier molecular flexibility index (Phi) is 8.83. The second-order valence-corrected chi connectivity index (χ2v) is 8.80. The van der Waals surface area contributed by atoms with Crippen LogP contribution in [0.3, 0.4) is 0 Å². The molecule has 2 aromatic rings. The lowest BCUT2D eigenvalue weighted by Crippen LogP contribution is -2.47. The summed E-state index contributed by atoms with van der Waals surface area (Å²) in [6.07, 6.45) is 2.57. The number of nitro benzene ring substituents is 1. The van der Waals surface area contributed by atoms with Gasteiger partial charge in [-0.2, -0.15) is 0 Å². The van der Waals surface area contributed by atoms with E-state index in [1.165, 1.54) is 17.0 Å². The Morgan fingerprint density at radius 3 is 2.41 bits per heavy atom. The van der Waals surface area contributed by atoms with Crippen LogP contribution < -0.4 is 0 Å². The number of carbonyl (C=O) groups is 2. The summed E-state index contributed by atoms with van der Waals surface area (Å²) < 4.78 is 1.97. The molecule has 0 N–H and O–H groups in total. The number of hydrogen-bond acceptors (Lipinski definition) is 4. The van der Waals surface area contributed by atoms with Crippen molar-refractivity contribution in [2.75, 3.05) is 13.1 Å². The minimum absolute atomic E-state index is 0.00667. The molecule has 32 heavy (non-hydrogen) atoms. The molecule has 2 amide bonds. The second-order valence-electron chi connectivity index (χ2n) is 8.39. The van der Waals surface area contributed by atoms with Gasteiger partial charge in [0.05, 0.1) is 22.1 Å². The van der Waals surface area contributed by atoms with Crippen molar-refractivity contribution in [3.05, 3.63) is 62.9 Å². The molecule has 174 valence electrons. The van der Waals surface area contributed by atoms with E-state index in [-0.39, 0.29) is 40.7 Å². The largest absolute Gasteiger partial charge is 0.353 e. The van der Waals surface area contributed by atoms with Crippen LogP contribution in [0.15, 0.2) is 36.5 Å². The van der Waals surface area contributed by atoms with Crippen LogP contribution in [0.5, 0.6) is 0 Å². The molecule has 2 rings (SSSR count). The maximum atomic E-state index is 13.3. The molecule has 0 aliphatic rings. The number of halogens is 1. The zero-order valence-corrected chi connectivity index (χ0v) is 20.0. The third-order valence-electron chi connectivity index (χ3n) is 5.43. The van der Waals surface area contributed by atoms with Crippen molar-refractivity contribution in [2.24, 2.45) is 13.0 Å². The van der Waals surface area contributed by atoms with Gasteiger partial charge in [0.1, 0.15) is 6.54 Å². The summed E-state index contributed by atoms with van der Waals surface area (Å²) >= 11 is 6.19. The van der Waals surface area contributed by atoms with Gasteiger partial charge >= 0.3 is 0 Å². The van der Waals surface area contributed by atoms with E-state index < -0.39 is 10.8 Å². The number of hydrogen-bond donors (Lipinski definition) is 0. The molecule has 8 nitrogen and oxygen atoms in total. The molecule has 0 saturated carbocycles. The lowest BCUT2D eigenvalue weighted by molar-refractivity contribution is -0.384. The molecule has 0 fully saturated rings. The number of amides is 2. The van der Waals surface area contributed by atoms with E-state index >= 15 is 0 Å². The van der Waals surface area contributed by atoms with Gasteiger partial charge in [-0.05, 0) is 37.5 Å². The number of non-ortho nitro benzene ring substituents is 1. The van der Waals surface area contributed by atoms with Gasteiger partial charge in [0.2, 0.25) is 5.91 Å². The van der Waals surface area contributed by atoms with Gasteiger partial charge in [0.15, 0.2) is 0 Å². The Hall–Kier alpha value is -2.87. The fourth-order valence-electron chi connectivity index (χ4n) is 3.39. The zero-order valence-electron chi connectivity index (χ0n) is 19.2. The quantitative estimate of drug-likeness (QED) is 0.383. The minimum atomic E-state index is -0.566. The van der Waals surface area contributed by atoms with Gasteiger partial charge in [-0.15, -0.1) is 0 Å². The van der Waals surface area contributed by atoms with Crippen LogP contribution in [-0.4, -0.2) is 50.2 Å². The Labute approximate surface area is 193 Å². The first-order chi connectivity index (χ1) is 15.0. The van der Waals surface area contributed by atoms with Crippen molar-refractivity contribution < 1.29 is 14.5 Å². The maximum absolute atomic E-state index is 13.3. The minimum Gasteiger partial charge on any atom is -0.353 e. The molecule has 0 spiro atoms. The Morgan fingerprint density at radius 2 is 1.91 bits per heavy atom. The zero-order chi connectivity index (χ0) is 24.0. The monoisotopic (exact) mass is 462 g/mol. The van der Waals surface area contributed by atoms with Crippen molar-refractivity contribution in [3.8, 4) is 0 Å². The molecular weight excluding hydrogens is 432 g/mol. The molecule has 9 heteroatoms. The van der Waals surface area contributed by atoms with Crippen molar-refractivity contribution in [1.82, 2.24) is 14.4 Å². The highest BCUT2D eigenvalue weighted by molar-refractivity contribution is 6.34. The standard InChI is InChI=1S/C23H31ClN4O4/c1-6-17(4)27(23(30)20-10-9-18(28(31)32)12-21(20)24)15-22(29)26(13-16(2)3)14-19-8-7-11-25(19)5/h7-12,16-17H,6,13-15H2,1-5H3/t17-/m0/s1. The summed E-state index contributed by atoms with van der Waals surface area (Å²) in [7, 11) is 1.93. The highest BCUT2D eigenvalue weighted by Crippen LogP contribution is 2.25. The van der Waals surface area contributed by atoms with Gasteiger partial charge < -0.3 is 14.4 Å². The fraction of sp³-hybridized carbons (Fsp3) is 0.478. The highest BCUT2D eigenvalue weighted by atomic mass is 35.5. The maximum Gasteiger partial charge on any atom is 0.270 e. The second kappa shape index (κ2) is 11.1. The first-order valence-electron chi connectivity index (χ1n) is 10.7. The first kappa shape index (κ1) is 25.4. The molecular formula is C23H31ClN4O4. The predicted octanol–water partition coefficient (Wildman–Crippen LogP) is 4.51. The average molecular weight is 463 g/mol. The van der Waals surface area contributed by atoms with Crippen LogP contribution in [0.4, 0.5) is 5.69 Å². The van der Waals surface area contributed by atoms with Crippen LogP contribution >= 0.6 is 11.6 Å². The highest BCUT2D eigenvalue weighted by Gasteiger charge is 2.28. The molecule has 1 aromatic heterocycles. The van der Waals surface area contributed by atoms with E-state index in [9.17, 15) is 19.7 Å². The Balaban J connectivity index is 2.29. The first-order valence-corrected chi connectivity index (χ1v) is 11.1. The van der Waals surface area contributed by atoms with Crippen molar-refractivity contribution in [1.29, 1.82) is 0 Å². The van der Waals surface area contributed by atoms with Crippen LogP contribution in [-0.2, 0) is 18.4 Å². The number of aryl methyl sites for hydroxylation is 1. The predicted molar refractivity (Wildman–Crippen MR) is 125 cm³/mol. The molecule has 1 atom stereocenters. The van der Waals surface area contributed by atoms with Gasteiger partial charge in [0, 0.05) is 43.7 Å². The van der Waals surface area contributed by atoms with Gasteiger partial charge in [0.25, 0.3) is 11.6 Å². The van der Waals surface area contributed by atoms with Gasteiger partial charge in [-0.1, -0.05) is 32.4 Å². The molecule has 0 saturated heterocycles. The lowest BCUT2D eigenvalue weighted by Gasteiger charge is -2.32. The van der Waals surface area contributed by atoms with E-state index in [1.54, 1.807) is 4.90 Å². The molecule has 0 radical (unpaired) electrons. The number of rotatable bonds is 10. The van der Waals surface area contributed by atoms with Crippen molar-refractivity contribution in [3.63, 3.8) is 0 Å². The number of carbonyl (C=O) groups excluding carboxylic acids is 2. The van der Waals surface area contributed by atoms with E-state index in [2.05, 4.69) is 0 Å². The number of nitrogens with zero attached hydrogens (tertiary/aromatic N) is 4. The molecule has 0 unspecified atom stereocenters.